The summed E-state index contributed by atoms with van der Waals surface area (Å²) in [6, 6.07) is 12.6. The zero-order valence-corrected chi connectivity index (χ0v) is 17.8. The molecule has 0 radical (unpaired) electrons. The Labute approximate surface area is 172 Å². The van der Waals surface area contributed by atoms with Crippen molar-refractivity contribution in [2.24, 2.45) is 0 Å². The molecule has 29 heavy (non-hydrogen) atoms. The molecule has 2 aromatic carbocycles. The normalized spacial score (nSPS) is 15.8. The molecule has 0 atom stereocenters. The molecule has 1 fully saturated rings. The van der Waals surface area contributed by atoms with Crippen molar-refractivity contribution in [2.75, 3.05) is 45.2 Å². The molecule has 0 spiro atoms. The molecule has 0 unspecified atom stereocenters. The summed E-state index contributed by atoms with van der Waals surface area (Å²) in [4.78, 5) is 14.7. The van der Waals surface area contributed by atoms with Crippen molar-refractivity contribution in [3.63, 3.8) is 0 Å². The molecule has 1 aliphatic heterocycles. The summed E-state index contributed by atoms with van der Waals surface area (Å²) in [5, 5.41) is 2.85. The number of benzene rings is 2. The van der Waals surface area contributed by atoms with Gasteiger partial charge in [0.1, 0.15) is 5.75 Å². The van der Waals surface area contributed by atoms with Crippen molar-refractivity contribution in [3.8, 4) is 5.75 Å². The van der Waals surface area contributed by atoms with E-state index in [1.165, 1.54) is 4.31 Å². The minimum Gasteiger partial charge on any atom is -0.495 e. The third-order valence-electron chi connectivity index (χ3n) is 5.03. The first kappa shape index (κ1) is 21.3. The first-order valence-corrected chi connectivity index (χ1v) is 11.0. The van der Waals surface area contributed by atoms with Gasteiger partial charge in [-0.25, -0.2) is 8.42 Å². The Bertz CT molecular complexity index is 983. The summed E-state index contributed by atoms with van der Waals surface area (Å²) in [6.07, 6.45) is 0. The van der Waals surface area contributed by atoms with Crippen molar-refractivity contribution in [1.29, 1.82) is 0 Å². The van der Waals surface area contributed by atoms with Gasteiger partial charge in [-0.3, -0.25) is 9.69 Å². The van der Waals surface area contributed by atoms with Crippen molar-refractivity contribution in [3.05, 3.63) is 53.6 Å². The number of rotatable bonds is 6. The highest BCUT2D eigenvalue weighted by Crippen LogP contribution is 2.24. The molecule has 3 rings (SSSR count). The Kier molecular flexibility index (Phi) is 6.56. The van der Waals surface area contributed by atoms with E-state index >= 15 is 0 Å². The number of nitrogens with one attached hydrogen (secondary N) is 1. The van der Waals surface area contributed by atoms with E-state index in [4.69, 9.17) is 4.74 Å². The zero-order chi connectivity index (χ0) is 21.0. The Balaban J connectivity index is 1.58. The fourth-order valence-electron chi connectivity index (χ4n) is 3.50. The van der Waals surface area contributed by atoms with Crippen molar-refractivity contribution in [2.45, 2.75) is 18.7 Å². The molecule has 1 saturated heterocycles. The molecular formula is C21H27N3O4S. The second-order valence-electron chi connectivity index (χ2n) is 7.20. The van der Waals surface area contributed by atoms with Gasteiger partial charge in [0.2, 0.25) is 15.9 Å². The van der Waals surface area contributed by atoms with Crippen LogP contribution in [0.4, 0.5) is 5.69 Å². The predicted octanol–water partition coefficient (Wildman–Crippen LogP) is 2.26. The highest BCUT2D eigenvalue weighted by Gasteiger charge is 2.30. The second kappa shape index (κ2) is 8.94. The molecule has 1 heterocycles. The van der Waals surface area contributed by atoms with Crippen LogP contribution in [0.2, 0.25) is 0 Å². The van der Waals surface area contributed by atoms with Crippen LogP contribution in [-0.4, -0.2) is 63.4 Å². The number of anilines is 1. The number of carbonyl (C=O) groups excluding carboxylic acids is 1. The van der Waals surface area contributed by atoms with Crippen LogP contribution in [0.15, 0.2) is 47.4 Å². The molecule has 0 aliphatic carbocycles. The molecule has 1 amide bonds. The van der Waals surface area contributed by atoms with Gasteiger partial charge in [0.05, 0.1) is 24.2 Å². The Morgan fingerprint density at radius 2 is 1.76 bits per heavy atom. The van der Waals surface area contributed by atoms with Gasteiger partial charge in [-0.05, 0) is 37.6 Å². The average Bonchev–Trinajstić information content (AvgIpc) is 2.68. The number of nitrogens with zero attached hydrogens (tertiary/aromatic N) is 2. The van der Waals surface area contributed by atoms with Gasteiger partial charge >= 0.3 is 0 Å². The largest absolute Gasteiger partial charge is 0.495 e. The number of carbonyl (C=O) groups is 1. The first-order chi connectivity index (χ1) is 13.8. The summed E-state index contributed by atoms with van der Waals surface area (Å²) in [5.74, 6) is 0.449. The van der Waals surface area contributed by atoms with Crippen LogP contribution in [0.5, 0.6) is 5.75 Å². The third kappa shape index (κ3) is 4.95. The number of sulfonamides is 1. The van der Waals surface area contributed by atoms with Gasteiger partial charge in [-0.2, -0.15) is 4.31 Å². The van der Waals surface area contributed by atoms with E-state index in [9.17, 15) is 13.2 Å². The van der Waals surface area contributed by atoms with E-state index in [-0.39, 0.29) is 12.5 Å². The summed E-state index contributed by atoms with van der Waals surface area (Å²) >= 11 is 0. The van der Waals surface area contributed by atoms with Crippen molar-refractivity contribution >= 4 is 21.6 Å². The number of para-hydroxylation sites is 2. The number of ether oxygens (including phenoxy) is 1. The smallest absolute Gasteiger partial charge is 0.243 e. The summed E-state index contributed by atoms with van der Waals surface area (Å²) in [7, 11) is -1.97. The van der Waals surface area contributed by atoms with Gasteiger partial charge in [-0.15, -0.1) is 0 Å². The van der Waals surface area contributed by atoms with E-state index in [1.54, 1.807) is 25.3 Å². The Hall–Kier alpha value is -2.42. The number of aryl methyl sites for hydroxylation is 2. The highest BCUT2D eigenvalue weighted by molar-refractivity contribution is 7.89. The van der Waals surface area contributed by atoms with Crippen LogP contribution in [0.3, 0.4) is 0 Å². The molecule has 156 valence electrons. The van der Waals surface area contributed by atoms with Gasteiger partial charge in [0.15, 0.2) is 0 Å². The maximum absolute atomic E-state index is 13.0. The maximum atomic E-state index is 13.0. The van der Waals surface area contributed by atoms with Crippen LogP contribution >= 0.6 is 0 Å². The SMILES string of the molecule is COc1ccccc1NC(=O)CN1CCN(S(=O)(=O)c2ccc(C)cc2C)CC1. The van der Waals surface area contributed by atoms with Gasteiger partial charge < -0.3 is 10.1 Å². The van der Waals surface area contributed by atoms with Crippen molar-refractivity contribution in [1.82, 2.24) is 9.21 Å². The average molecular weight is 418 g/mol. The summed E-state index contributed by atoms with van der Waals surface area (Å²) in [6.45, 7) is 5.69. The van der Waals surface area contributed by atoms with E-state index in [2.05, 4.69) is 5.32 Å². The molecule has 0 aromatic heterocycles. The summed E-state index contributed by atoms with van der Waals surface area (Å²) < 4.78 is 32.7. The van der Waals surface area contributed by atoms with Gasteiger partial charge in [0.25, 0.3) is 0 Å². The third-order valence-corrected chi connectivity index (χ3v) is 7.09. The van der Waals surface area contributed by atoms with Crippen LogP contribution in [-0.2, 0) is 14.8 Å². The highest BCUT2D eigenvalue weighted by atomic mass is 32.2. The molecule has 8 heteroatoms. The zero-order valence-electron chi connectivity index (χ0n) is 17.0. The fourth-order valence-corrected chi connectivity index (χ4v) is 5.12. The number of piperazine rings is 1. The monoisotopic (exact) mass is 417 g/mol. The lowest BCUT2D eigenvalue weighted by Gasteiger charge is -2.33. The first-order valence-electron chi connectivity index (χ1n) is 9.54. The number of methoxy groups -OCH3 is 1. The lowest BCUT2D eigenvalue weighted by Crippen LogP contribution is -2.50. The predicted molar refractivity (Wildman–Crippen MR) is 113 cm³/mol. The lowest BCUT2D eigenvalue weighted by atomic mass is 10.2. The molecule has 2 aromatic rings. The maximum Gasteiger partial charge on any atom is 0.243 e. The minimum absolute atomic E-state index is 0.153. The Morgan fingerprint density at radius 3 is 2.41 bits per heavy atom. The number of hydrogen-bond acceptors (Lipinski definition) is 5. The molecule has 0 saturated carbocycles. The molecular weight excluding hydrogens is 390 g/mol. The number of hydrogen-bond donors (Lipinski definition) is 1. The fraction of sp³-hybridized carbons (Fsp3) is 0.381. The van der Waals surface area contributed by atoms with Crippen LogP contribution in [0.25, 0.3) is 0 Å². The van der Waals surface area contributed by atoms with E-state index in [1.807, 2.05) is 43.0 Å². The Morgan fingerprint density at radius 1 is 1.07 bits per heavy atom. The summed E-state index contributed by atoms with van der Waals surface area (Å²) in [5.41, 5.74) is 2.41. The quantitative estimate of drug-likeness (QED) is 0.780. The van der Waals surface area contributed by atoms with E-state index < -0.39 is 10.0 Å². The lowest BCUT2D eigenvalue weighted by molar-refractivity contribution is -0.117. The second-order valence-corrected chi connectivity index (χ2v) is 9.10. The van der Waals surface area contributed by atoms with E-state index in [0.29, 0.717) is 42.5 Å². The van der Waals surface area contributed by atoms with Crippen LogP contribution in [0.1, 0.15) is 11.1 Å². The molecule has 0 bridgehead atoms. The van der Waals surface area contributed by atoms with E-state index in [0.717, 1.165) is 11.1 Å². The molecule has 1 aliphatic rings. The number of amides is 1. The van der Waals surface area contributed by atoms with Gasteiger partial charge in [0, 0.05) is 26.2 Å². The molecule has 7 nitrogen and oxygen atoms in total. The van der Waals surface area contributed by atoms with Crippen molar-refractivity contribution < 1.29 is 17.9 Å². The minimum atomic E-state index is -3.53. The topological polar surface area (TPSA) is 79.0 Å². The standard InChI is InChI=1S/C21H27N3O4S/c1-16-8-9-20(17(2)14-16)29(26,27)24-12-10-23(11-13-24)15-21(25)22-18-6-4-5-7-19(18)28-3/h4-9,14H,10-13,15H2,1-3H3,(H,22,25). The van der Waals surface area contributed by atoms with Crippen LogP contribution < -0.4 is 10.1 Å². The molecule has 1 N–H and O–H groups in total. The van der Waals surface area contributed by atoms with Gasteiger partial charge in [-0.1, -0.05) is 29.8 Å². The van der Waals surface area contributed by atoms with Crippen LogP contribution in [0, 0.1) is 13.8 Å².